The first-order chi connectivity index (χ1) is 8.28. The summed E-state index contributed by atoms with van der Waals surface area (Å²) in [5, 5.41) is 7.52. The van der Waals surface area contributed by atoms with Crippen molar-refractivity contribution in [2.45, 2.75) is 44.4 Å². The molecule has 0 aliphatic carbocycles. The zero-order chi connectivity index (χ0) is 12.1. The first-order valence-electron chi connectivity index (χ1n) is 6.28. The van der Waals surface area contributed by atoms with Crippen LogP contribution in [-0.2, 0) is 6.42 Å². The van der Waals surface area contributed by atoms with Crippen LogP contribution in [0, 0.1) is 0 Å². The minimum atomic E-state index is 0.472. The van der Waals surface area contributed by atoms with E-state index in [-0.39, 0.29) is 0 Å². The lowest BCUT2D eigenvalue weighted by Crippen LogP contribution is -2.31. The molecule has 0 spiro atoms. The summed E-state index contributed by atoms with van der Waals surface area (Å²) < 4.78 is 0. The number of amidine groups is 1. The summed E-state index contributed by atoms with van der Waals surface area (Å²) in [5.74, 6) is 0. The van der Waals surface area contributed by atoms with Crippen LogP contribution in [0.3, 0.4) is 0 Å². The number of thioether (sulfide) groups is 1. The monoisotopic (exact) mass is 268 g/mol. The molecule has 17 heavy (non-hydrogen) atoms. The van der Waals surface area contributed by atoms with Crippen LogP contribution in [0.4, 0.5) is 0 Å². The number of aliphatic imine (C=N–C) groups is 1. The number of nitrogens with zero attached hydrogens (tertiary/aromatic N) is 1. The molecule has 2 rings (SSSR count). The average Bonchev–Trinajstić information content (AvgIpc) is 2.91. The van der Waals surface area contributed by atoms with Crippen LogP contribution in [0.1, 0.15) is 31.6 Å². The lowest BCUT2D eigenvalue weighted by Gasteiger charge is -2.14. The Labute approximate surface area is 112 Å². The average molecular weight is 268 g/mol. The van der Waals surface area contributed by atoms with Crippen LogP contribution >= 0.6 is 23.1 Å². The fourth-order valence-electron chi connectivity index (χ4n) is 1.96. The maximum atomic E-state index is 4.58. The lowest BCUT2D eigenvalue weighted by molar-refractivity contribution is 0.670. The summed E-state index contributed by atoms with van der Waals surface area (Å²) in [6.45, 7) is 5.47. The van der Waals surface area contributed by atoms with Gasteiger partial charge in [0.2, 0.25) is 0 Å². The summed E-state index contributed by atoms with van der Waals surface area (Å²) >= 11 is 3.75. The van der Waals surface area contributed by atoms with Crippen molar-refractivity contribution in [2.75, 3.05) is 6.54 Å². The fourth-order valence-corrected chi connectivity index (χ4v) is 4.03. The second-order valence-electron chi connectivity index (χ2n) is 4.50. The molecule has 0 saturated carbocycles. The van der Waals surface area contributed by atoms with Gasteiger partial charge in [-0.25, -0.2) is 0 Å². The van der Waals surface area contributed by atoms with Gasteiger partial charge in [0.15, 0.2) is 5.17 Å². The summed E-state index contributed by atoms with van der Waals surface area (Å²) in [4.78, 5) is 6.02. The van der Waals surface area contributed by atoms with Crippen LogP contribution in [0.2, 0.25) is 0 Å². The van der Waals surface area contributed by atoms with Crippen LogP contribution in [0.5, 0.6) is 0 Å². The third kappa shape index (κ3) is 4.03. The van der Waals surface area contributed by atoms with Gasteiger partial charge in [-0.3, -0.25) is 4.99 Å². The molecule has 2 unspecified atom stereocenters. The van der Waals surface area contributed by atoms with Crippen LogP contribution in [-0.4, -0.2) is 23.0 Å². The highest BCUT2D eigenvalue weighted by Gasteiger charge is 2.19. The van der Waals surface area contributed by atoms with E-state index in [2.05, 4.69) is 41.7 Å². The second-order valence-corrected chi connectivity index (χ2v) is 6.82. The SMILES string of the molecule is CCCC1CN=C(NC(C)Cc2cccs2)S1. The second kappa shape index (κ2) is 6.45. The Morgan fingerprint density at radius 3 is 3.18 bits per heavy atom. The minimum absolute atomic E-state index is 0.472. The van der Waals surface area contributed by atoms with Gasteiger partial charge in [-0.1, -0.05) is 31.2 Å². The van der Waals surface area contributed by atoms with Crippen molar-refractivity contribution in [1.29, 1.82) is 0 Å². The highest BCUT2D eigenvalue weighted by Crippen LogP contribution is 2.24. The maximum Gasteiger partial charge on any atom is 0.157 e. The van der Waals surface area contributed by atoms with E-state index in [4.69, 9.17) is 0 Å². The normalized spacial score (nSPS) is 21.3. The summed E-state index contributed by atoms with van der Waals surface area (Å²) in [7, 11) is 0. The van der Waals surface area contributed by atoms with E-state index in [1.165, 1.54) is 17.7 Å². The maximum absolute atomic E-state index is 4.58. The minimum Gasteiger partial charge on any atom is -0.362 e. The number of hydrogen-bond donors (Lipinski definition) is 1. The Balaban J connectivity index is 1.74. The van der Waals surface area contributed by atoms with Crippen molar-refractivity contribution in [2.24, 2.45) is 4.99 Å². The molecule has 0 amide bonds. The smallest absolute Gasteiger partial charge is 0.157 e. The largest absolute Gasteiger partial charge is 0.362 e. The van der Waals surface area contributed by atoms with Gasteiger partial charge in [-0.15, -0.1) is 11.3 Å². The van der Waals surface area contributed by atoms with Crippen LogP contribution in [0.15, 0.2) is 22.5 Å². The van der Waals surface area contributed by atoms with Crippen molar-refractivity contribution < 1.29 is 0 Å². The topological polar surface area (TPSA) is 24.4 Å². The van der Waals surface area contributed by atoms with E-state index in [1.807, 2.05) is 23.1 Å². The molecule has 2 heterocycles. The van der Waals surface area contributed by atoms with E-state index < -0.39 is 0 Å². The van der Waals surface area contributed by atoms with Gasteiger partial charge >= 0.3 is 0 Å². The van der Waals surface area contributed by atoms with Gasteiger partial charge in [0.05, 0.1) is 6.54 Å². The van der Waals surface area contributed by atoms with Gasteiger partial charge in [0.25, 0.3) is 0 Å². The summed E-state index contributed by atoms with van der Waals surface area (Å²) in [5.41, 5.74) is 0. The van der Waals surface area contributed by atoms with Crippen molar-refractivity contribution in [3.05, 3.63) is 22.4 Å². The standard InChI is InChI=1S/C13H20N2S2/c1-3-5-12-9-14-13(17-12)15-10(2)8-11-6-4-7-16-11/h4,6-7,10,12H,3,5,8-9H2,1-2H3,(H,14,15). The Bertz CT molecular complexity index is 360. The Morgan fingerprint density at radius 1 is 1.59 bits per heavy atom. The van der Waals surface area contributed by atoms with Crippen molar-refractivity contribution >= 4 is 28.3 Å². The Hall–Kier alpha value is -0.480. The third-order valence-corrected chi connectivity index (χ3v) is 4.87. The molecular weight excluding hydrogens is 248 g/mol. The number of nitrogens with one attached hydrogen (secondary N) is 1. The molecule has 0 radical (unpaired) electrons. The molecule has 1 aromatic heterocycles. The molecule has 1 aliphatic rings. The van der Waals surface area contributed by atoms with E-state index in [0.717, 1.165) is 18.1 Å². The van der Waals surface area contributed by atoms with Crippen molar-refractivity contribution in [3.63, 3.8) is 0 Å². The molecule has 94 valence electrons. The van der Waals surface area contributed by atoms with Crippen LogP contribution in [0.25, 0.3) is 0 Å². The first kappa shape index (κ1) is 13.0. The van der Waals surface area contributed by atoms with E-state index in [9.17, 15) is 0 Å². The molecule has 1 aliphatic heterocycles. The predicted molar refractivity (Wildman–Crippen MR) is 79.2 cm³/mol. The van der Waals surface area contributed by atoms with Crippen molar-refractivity contribution in [1.82, 2.24) is 5.32 Å². The van der Waals surface area contributed by atoms with Gasteiger partial charge in [0.1, 0.15) is 0 Å². The zero-order valence-electron chi connectivity index (χ0n) is 10.5. The molecule has 2 nitrogen and oxygen atoms in total. The number of thiophene rings is 1. The summed E-state index contributed by atoms with van der Waals surface area (Å²) in [6, 6.07) is 4.79. The van der Waals surface area contributed by atoms with Crippen molar-refractivity contribution in [3.8, 4) is 0 Å². The molecule has 1 N–H and O–H groups in total. The third-order valence-electron chi connectivity index (χ3n) is 2.78. The highest BCUT2D eigenvalue weighted by atomic mass is 32.2. The highest BCUT2D eigenvalue weighted by molar-refractivity contribution is 8.14. The first-order valence-corrected chi connectivity index (χ1v) is 8.04. The summed E-state index contributed by atoms with van der Waals surface area (Å²) in [6.07, 6.45) is 3.62. The van der Waals surface area contributed by atoms with Gasteiger partial charge in [0, 0.05) is 22.6 Å². The molecule has 0 fully saturated rings. The fraction of sp³-hybridized carbons (Fsp3) is 0.615. The molecular formula is C13H20N2S2. The molecule has 0 aromatic carbocycles. The van der Waals surface area contributed by atoms with Gasteiger partial charge in [-0.2, -0.15) is 0 Å². The lowest BCUT2D eigenvalue weighted by atomic mass is 10.2. The molecule has 2 atom stereocenters. The van der Waals surface area contributed by atoms with E-state index in [0.29, 0.717) is 11.3 Å². The zero-order valence-corrected chi connectivity index (χ0v) is 12.1. The quantitative estimate of drug-likeness (QED) is 0.883. The van der Waals surface area contributed by atoms with E-state index in [1.54, 1.807) is 0 Å². The molecule has 0 saturated heterocycles. The molecule has 1 aromatic rings. The molecule has 0 bridgehead atoms. The Kier molecular flexibility index (Phi) is 4.92. The van der Waals surface area contributed by atoms with Gasteiger partial charge < -0.3 is 5.32 Å². The predicted octanol–water partition coefficient (Wildman–Crippen LogP) is 3.54. The number of rotatable bonds is 5. The van der Waals surface area contributed by atoms with Crippen LogP contribution < -0.4 is 5.32 Å². The molecule has 4 heteroatoms. The Morgan fingerprint density at radius 2 is 2.47 bits per heavy atom. The number of hydrogen-bond acceptors (Lipinski definition) is 4. The van der Waals surface area contributed by atoms with E-state index >= 15 is 0 Å². The van der Waals surface area contributed by atoms with Gasteiger partial charge in [-0.05, 0) is 24.8 Å².